The van der Waals surface area contributed by atoms with Crippen molar-refractivity contribution in [3.63, 3.8) is 0 Å². The van der Waals surface area contributed by atoms with Crippen molar-refractivity contribution < 1.29 is 0 Å². The Morgan fingerprint density at radius 2 is 2.20 bits per heavy atom. The van der Waals surface area contributed by atoms with Gasteiger partial charge in [-0.05, 0) is 46.5 Å². The van der Waals surface area contributed by atoms with Gasteiger partial charge in [-0.15, -0.1) is 0 Å². The molecule has 0 spiro atoms. The summed E-state index contributed by atoms with van der Waals surface area (Å²) < 4.78 is 1.05. The molecular weight excluding hydrogens is 252 g/mol. The first-order chi connectivity index (χ1) is 7.25. The number of nitrogens with two attached hydrogens (primary N) is 1. The molecule has 0 unspecified atom stereocenters. The average Bonchev–Trinajstić information content (AvgIpc) is 2.12. The summed E-state index contributed by atoms with van der Waals surface area (Å²) in [5.41, 5.74) is 7.62. The molecule has 0 atom stereocenters. The SMILES string of the molecule is Nc1ccc(NCCC2CCC2)c(Br)c1. The molecule has 0 aliphatic heterocycles. The van der Waals surface area contributed by atoms with E-state index in [1.54, 1.807) is 0 Å². The highest BCUT2D eigenvalue weighted by Gasteiger charge is 2.16. The second-order valence-electron chi connectivity index (χ2n) is 4.25. The summed E-state index contributed by atoms with van der Waals surface area (Å²) in [6.45, 7) is 1.06. The van der Waals surface area contributed by atoms with Crippen molar-refractivity contribution >= 4 is 27.3 Å². The van der Waals surface area contributed by atoms with Gasteiger partial charge in [0.2, 0.25) is 0 Å². The van der Waals surface area contributed by atoms with Crippen LogP contribution in [0.1, 0.15) is 25.7 Å². The van der Waals surface area contributed by atoms with Crippen LogP contribution in [0.2, 0.25) is 0 Å². The van der Waals surface area contributed by atoms with Gasteiger partial charge in [-0.2, -0.15) is 0 Å². The van der Waals surface area contributed by atoms with Crippen molar-refractivity contribution in [3.05, 3.63) is 22.7 Å². The lowest BCUT2D eigenvalue weighted by atomic mass is 9.83. The lowest BCUT2D eigenvalue weighted by molar-refractivity contribution is 0.303. The lowest BCUT2D eigenvalue weighted by Gasteiger charge is -2.25. The zero-order valence-electron chi connectivity index (χ0n) is 8.80. The fourth-order valence-corrected chi connectivity index (χ4v) is 2.40. The standard InChI is InChI=1S/C12H17BrN2/c13-11-8-10(14)4-5-12(11)15-7-6-9-2-1-3-9/h4-5,8-9,15H,1-3,6-7,14H2. The Balaban J connectivity index is 1.81. The third-order valence-electron chi connectivity index (χ3n) is 3.09. The molecule has 3 N–H and O–H groups in total. The summed E-state index contributed by atoms with van der Waals surface area (Å²) in [6.07, 6.45) is 5.56. The smallest absolute Gasteiger partial charge is 0.0486 e. The van der Waals surface area contributed by atoms with Gasteiger partial charge in [-0.1, -0.05) is 19.3 Å². The highest BCUT2D eigenvalue weighted by Crippen LogP contribution is 2.30. The number of nitrogens with one attached hydrogen (secondary N) is 1. The number of rotatable bonds is 4. The molecule has 1 aliphatic carbocycles. The van der Waals surface area contributed by atoms with Crippen LogP contribution in [0.5, 0.6) is 0 Å². The first-order valence-electron chi connectivity index (χ1n) is 5.54. The summed E-state index contributed by atoms with van der Waals surface area (Å²) in [6, 6.07) is 5.89. The molecule has 0 saturated heterocycles. The molecule has 1 fully saturated rings. The van der Waals surface area contributed by atoms with Crippen molar-refractivity contribution in [1.82, 2.24) is 0 Å². The van der Waals surface area contributed by atoms with Crippen LogP contribution in [0.15, 0.2) is 22.7 Å². The van der Waals surface area contributed by atoms with Crippen LogP contribution in [-0.2, 0) is 0 Å². The number of hydrogen-bond donors (Lipinski definition) is 2. The van der Waals surface area contributed by atoms with E-state index in [9.17, 15) is 0 Å². The monoisotopic (exact) mass is 268 g/mol. The molecule has 15 heavy (non-hydrogen) atoms. The number of nitrogen functional groups attached to an aromatic ring is 1. The van der Waals surface area contributed by atoms with Crippen LogP contribution in [-0.4, -0.2) is 6.54 Å². The summed E-state index contributed by atoms with van der Waals surface area (Å²) >= 11 is 3.50. The first-order valence-corrected chi connectivity index (χ1v) is 6.34. The van der Waals surface area contributed by atoms with Crippen LogP contribution >= 0.6 is 15.9 Å². The third kappa shape index (κ3) is 2.88. The van der Waals surface area contributed by atoms with Crippen molar-refractivity contribution in [3.8, 4) is 0 Å². The normalized spacial score (nSPS) is 16.1. The van der Waals surface area contributed by atoms with E-state index in [2.05, 4.69) is 21.2 Å². The van der Waals surface area contributed by atoms with E-state index in [4.69, 9.17) is 5.73 Å². The Morgan fingerprint density at radius 3 is 2.80 bits per heavy atom. The molecule has 0 amide bonds. The Labute approximate surface area is 99.4 Å². The summed E-state index contributed by atoms with van der Waals surface area (Å²) in [5, 5.41) is 3.44. The van der Waals surface area contributed by atoms with Gasteiger partial charge in [-0.3, -0.25) is 0 Å². The minimum absolute atomic E-state index is 0.798. The molecule has 0 radical (unpaired) electrons. The fraction of sp³-hybridized carbons (Fsp3) is 0.500. The maximum Gasteiger partial charge on any atom is 0.0486 e. The zero-order chi connectivity index (χ0) is 10.7. The molecule has 0 bridgehead atoms. The summed E-state index contributed by atoms with van der Waals surface area (Å²) in [7, 11) is 0. The van der Waals surface area contributed by atoms with Crippen LogP contribution in [0.4, 0.5) is 11.4 Å². The van der Waals surface area contributed by atoms with Crippen molar-refractivity contribution in [2.24, 2.45) is 5.92 Å². The lowest BCUT2D eigenvalue weighted by Crippen LogP contribution is -2.15. The molecular formula is C12H17BrN2. The predicted molar refractivity (Wildman–Crippen MR) is 69.0 cm³/mol. The van der Waals surface area contributed by atoms with Crippen LogP contribution < -0.4 is 11.1 Å². The average molecular weight is 269 g/mol. The van der Waals surface area contributed by atoms with Crippen LogP contribution in [0.25, 0.3) is 0 Å². The van der Waals surface area contributed by atoms with Gasteiger partial charge in [-0.25, -0.2) is 0 Å². The van der Waals surface area contributed by atoms with E-state index in [1.807, 2.05) is 18.2 Å². The van der Waals surface area contributed by atoms with Crippen molar-refractivity contribution in [1.29, 1.82) is 0 Å². The second-order valence-corrected chi connectivity index (χ2v) is 5.11. The van der Waals surface area contributed by atoms with Crippen molar-refractivity contribution in [2.45, 2.75) is 25.7 Å². The molecule has 2 rings (SSSR count). The maximum atomic E-state index is 5.68. The van der Waals surface area contributed by atoms with Crippen LogP contribution in [0.3, 0.4) is 0 Å². The predicted octanol–water partition coefficient (Wildman–Crippen LogP) is 3.63. The van der Waals surface area contributed by atoms with E-state index in [0.29, 0.717) is 0 Å². The quantitative estimate of drug-likeness (QED) is 0.819. The van der Waals surface area contributed by atoms with Gasteiger partial charge in [0.05, 0.1) is 0 Å². The van der Waals surface area contributed by atoms with Gasteiger partial charge in [0, 0.05) is 22.4 Å². The molecule has 82 valence electrons. The van der Waals surface area contributed by atoms with Gasteiger partial charge < -0.3 is 11.1 Å². The molecule has 0 aromatic heterocycles. The Bertz CT molecular complexity index is 334. The first kappa shape index (κ1) is 10.8. The van der Waals surface area contributed by atoms with Gasteiger partial charge in [0.15, 0.2) is 0 Å². The maximum absolute atomic E-state index is 5.68. The number of hydrogen-bond acceptors (Lipinski definition) is 2. The summed E-state index contributed by atoms with van der Waals surface area (Å²) in [4.78, 5) is 0. The molecule has 0 heterocycles. The second kappa shape index (κ2) is 4.88. The Morgan fingerprint density at radius 1 is 1.40 bits per heavy atom. The number of benzene rings is 1. The fourth-order valence-electron chi connectivity index (χ4n) is 1.87. The van der Waals surface area contributed by atoms with E-state index in [0.717, 1.165) is 28.3 Å². The van der Waals surface area contributed by atoms with Gasteiger partial charge >= 0.3 is 0 Å². The topological polar surface area (TPSA) is 38.0 Å². The molecule has 1 aliphatic rings. The van der Waals surface area contributed by atoms with Gasteiger partial charge in [0.1, 0.15) is 0 Å². The number of anilines is 2. The third-order valence-corrected chi connectivity index (χ3v) is 3.74. The Kier molecular flexibility index (Phi) is 3.52. The molecule has 3 heteroatoms. The van der Waals surface area contributed by atoms with E-state index < -0.39 is 0 Å². The highest BCUT2D eigenvalue weighted by molar-refractivity contribution is 9.10. The van der Waals surface area contributed by atoms with E-state index in [1.165, 1.54) is 25.7 Å². The number of halogens is 1. The highest BCUT2D eigenvalue weighted by atomic mass is 79.9. The van der Waals surface area contributed by atoms with Crippen molar-refractivity contribution in [2.75, 3.05) is 17.6 Å². The Hall–Kier alpha value is -0.700. The largest absolute Gasteiger partial charge is 0.399 e. The molecule has 2 nitrogen and oxygen atoms in total. The molecule has 1 saturated carbocycles. The van der Waals surface area contributed by atoms with E-state index in [-0.39, 0.29) is 0 Å². The minimum Gasteiger partial charge on any atom is -0.399 e. The zero-order valence-corrected chi connectivity index (χ0v) is 10.4. The molecule has 1 aromatic rings. The van der Waals surface area contributed by atoms with Gasteiger partial charge in [0.25, 0.3) is 0 Å². The molecule has 1 aromatic carbocycles. The minimum atomic E-state index is 0.798. The van der Waals surface area contributed by atoms with E-state index >= 15 is 0 Å². The van der Waals surface area contributed by atoms with Crippen LogP contribution in [0, 0.1) is 5.92 Å². The summed E-state index contributed by atoms with van der Waals surface area (Å²) in [5.74, 6) is 0.963.